The van der Waals surface area contributed by atoms with Crippen LogP contribution in [-0.4, -0.2) is 16.6 Å². The van der Waals surface area contributed by atoms with Gasteiger partial charge in [-0.15, -0.1) is 0 Å². The lowest BCUT2D eigenvalue weighted by Gasteiger charge is -2.15. The van der Waals surface area contributed by atoms with Crippen molar-refractivity contribution in [3.63, 3.8) is 0 Å². The minimum absolute atomic E-state index is 0.0696. The van der Waals surface area contributed by atoms with E-state index in [1.807, 2.05) is 30.3 Å². The van der Waals surface area contributed by atoms with Gasteiger partial charge < -0.3 is 10.1 Å². The average molecular weight is 435 g/mol. The number of amides is 1. The fraction of sp³-hybridized carbons (Fsp3) is 0.263. The molecule has 0 spiro atoms. The van der Waals surface area contributed by atoms with Crippen molar-refractivity contribution in [2.75, 3.05) is 5.32 Å². The number of carbonyl (C=O) groups is 2. The van der Waals surface area contributed by atoms with E-state index in [2.05, 4.69) is 21.2 Å². The lowest BCUT2D eigenvalue weighted by Crippen LogP contribution is -2.27. The predicted molar refractivity (Wildman–Crippen MR) is 105 cm³/mol. The normalized spacial score (nSPS) is 11.5. The van der Waals surface area contributed by atoms with Crippen LogP contribution in [-0.2, 0) is 16.2 Å². The minimum Gasteiger partial charge on any atom is -0.486 e. The van der Waals surface area contributed by atoms with Gasteiger partial charge in [0.1, 0.15) is 12.4 Å². The highest BCUT2D eigenvalue weighted by Crippen LogP contribution is 2.38. The molecule has 27 heavy (non-hydrogen) atoms. The summed E-state index contributed by atoms with van der Waals surface area (Å²) in [7, 11) is 0. The number of nitrogens with one attached hydrogen (secondary N) is 1. The van der Waals surface area contributed by atoms with Crippen LogP contribution in [0.25, 0.3) is 0 Å². The van der Waals surface area contributed by atoms with Gasteiger partial charge in [-0.1, -0.05) is 53.2 Å². The molecule has 0 aliphatic rings. The Morgan fingerprint density at radius 1 is 1.26 bits per heavy atom. The van der Waals surface area contributed by atoms with Crippen LogP contribution in [0.4, 0.5) is 11.4 Å². The molecule has 2 aromatic carbocycles. The van der Waals surface area contributed by atoms with Crippen LogP contribution in [0.1, 0.15) is 25.8 Å². The van der Waals surface area contributed by atoms with E-state index in [0.717, 1.165) is 5.56 Å². The Balaban J connectivity index is 2.35. The summed E-state index contributed by atoms with van der Waals surface area (Å²) in [6.45, 7) is 3.29. The first-order valence-electron chi connectivity index (χ1n) is 8.31. The van der Waals surface area contributed by atoms with Crippen LogP contribution in [0, 0.1) is 16.0 Å². The first-order valence-corrected chi connectivity index (χ1v) is 9.11. The van der Waals surface area contributed by atoms with E-state index in [4.69, 9.17) is 4.74 Å². The molecule has 0 aromatic heterocycles. The largest absolute Gasteiger partial charge is 0.486 e. The van der Waals surface area contributed by atoms with Crippen molar-refractivity contribution >= 4 is 39.0 Å². The number of rotatable bonds is 8. The lowest BCUT2D eigenvalue weighted by atomic mass is 10.0. The number of carbonyl (C=O) groups excluding carboxylic acids is 2. The van der Waals surface area contributed by atoms with Gasteiger partial charge in [-0.3, -0.25) is 19.7 Å². The Morgan fingerprint density at radius 3 is 2.52 bits per heavy atom. The summed E-state index contributed by atoms with van der Waals surface area (Å²) in [6, 6.07) is 12.1. The van der Waals surface area contributed by atoms with Crippen molar-refractivity contribution in [1.29, 1.82) is 0 Å². The standard InChI is InChI=1S/C19H19BrN2O5/c1-3-16(23)12(2)19(24)21-18-15(22(25)26)9-14(20)10-17(18)27-11-13-7-5-4-6-8-13/h4-10,12H,3,11H2,1-2H3,(H,21,24). The molecule has 0 aliphatic heterocycles. The van der Waals surface area contributed by atoms with Gasteiger partial charge in [0.15, 0.2) is 11.4 Å². The summed E-state index contributed by atoms with van der Waals surface area (Å²) >= 11 is 3.22. The maximum Gasteiger partial charge on any atom is 0.297 e. The van der Waals surface area contributed by atoms with E-state index in [9.17, 15) is 19.7 Å². The van der Waals surface area contributed by atoms with Crippen LogP contribution in [0.5, 0.6) is 5.75 Å². The van der Waals surface area contributed by atoms with E-state index < -0.39 is 16.7 Å². The molecule has 2 rings (SSSR count). The predicted octanol–water partition coefficient (Wildman–Crippen LogP) is 4.49. The van der Waals surface area contributed by atoms with Crippen LogP contribution in [0.15, 0.2) is 46.9 Å². The first kappa shape index (κ1) is 20.6. The molecule has 7 nitrogen and oxygen atoms in total. The van der Waals surface area contributed by atoms with Gasteiger partial charge in [-0.05, 0) is 18.6 Å². The third-order valence-corrected chi connectivity index (χ3v) is 4.41. The van der Waals surface area contributed by atoms with Crippen molar-refractivity contribution in [1.82, 2.24) is 0 Å². The van der Waals surface area contributed by atoms with Gasteiger partial charge >= 0.3 is 0 Å². The Morgan fingerprint density at radius 2 is 1.93 bits per heavy atom. The number of benzene rings is 2. The minimum atomic E-state index is -0.916. The summed E-state index contributed by atoms with van der Waals surface area (Å²) in [4.78, 5) is 35.0. The summed E-state index contributed by atoms with van der Waals surface area (Å²) < 4.78 is 6.17. The van der Waals surface area contributed by atoms with Gasteiger partial charge in [0, 0.05) is 17.0 Å². The van der Waals surface area contributed by atoms with Gasteiger partial charge in [-0.2, -0.15) is 0 Å². The molecule has 1 atom stereocenters. The number of nitro benzene ring substituents is 1. The van der Waals surface area contributed by atoms with Crippen molar-refractivity contribution in [2.24, 2.45) is 5.92 Å². The fourth-order valence-electron chi connectivity index (χ4n) is 2.37. The second-order valence-electron chi connectivity index (χ2n) is 5.86. The van der Waals surface area contributed by atoms with Gasteiger partial charge in [0.25, 0.3) is 5.69 Å². The maximum absolute atomic E-state index is 12.4. The molecule has 1 unspecified atom stereocenters. The Hall–Kier alpha value is -2.74. The van der Waals surface area contributed by atoms with Crippen molar-refractivity contribution < 1.29 is 19.2 Å². The molecule has 0 saturated carbocycles. The molecule has 0 radical (unpaired) electrons. The molecule has 0 aliphatic carbocycles. The molecule has 8 heteroatoms. The lowest BCUT2D eigenvalue weighted by molar-refractivity contribution is -0.384. The number of Topliss-reactive ketones (excluding diaryl/α,β-unsaturated/α-hetero) is 1. The molecule has 1 N–H and O–H groups in total. The first-order chi connectivity index (χ1) is 12.8. The zero-order valence-electron chi connectivity index (χ0n) is 14.9. The Kier molecular flexibility index (Phi) is 7.06. The van der Waals surface area contributed by atoms with E-state index in [1.54, 1.807) is 6.92 Å². The van der Waals surface area contributed by atoms with Crippen molar-refractivity contribution in [3.05, 3.63) is 62.6 Å². The maximum atomic E-state index is 12.4. The number of anilines is 1. The molecule has 2 aromatic rings. The zero-order valence-corrected chi connectivity index (χ0v) is 16.5. The number of halogens is 1. The van der Waals surface area contributed by atoms with Gasteiger partial charge in [0.2, 0.25) is 5.91 Å². The highest BCUT2D eigenvalue weighted by molar-refractivity contribution is 9.10. The van der Waals surface area contributed by atoms with Crippen LogP contribution in [0.3, 0.4) is 0 Å². The highest BCUT2D eigenvalue weighted by atomic mass is 79.9. The molecule has 0 saturated heterocycles. The van der Waals surface area contributed by atoms with Crippen LogP contribution < -0.4 is 10.1 Å². The second-order valence-corrected chi connectivity index (χ2v) is 6.78. The van der Waals surface area contributed by atoms with E-state index in [-0.39, 0.29) is 35.9 Å². The monoisotopic (exact) mass is 434 g/mol. The van der Waals surface area contributed by atoms with Crippen molar-refractivity contribution in [2.45, 2.75) is 26.9 Å². The molecular formula is C19H19BrN2O5. The molecular weight excluding hydrogens is 416 g/mol. The Bertz CT molecular complexity index is 855. The van der Waals surface area contributed by atoms with E-state index in [0.29, 0.717) is 4.47 Å². The fourth-order valence-corrected chi connectivity index (χ4v) is 2.80. The Labute approximate surface area is 165 Å². The average Bonchev–Trinajstić information content (AvgIpc) is 2.66. The van der Waals surface area contributed by atoms with Gasteiger partial charge in [-0.25, -0.2) is 0 Å². The number of hydrogen-bond acceptors (Lipinski definition) is 5. The van der Waals surface area contributed by atoms with Crippen LogP contribution in [0.2, 0.25) is 0 Å². The number of ether oxygens (including phenoxy) is 1. The van der Waals surface area contributed by atoms with Crippen LogP contribution >= 0.6 is 15.9 Å². The number of hydrogen-bond donors (Lipinski definition) is 1. The molecule has 0 heterocycles. The third kappa shape index (κ3) is 5.37. The number of nitro groups is 1. The quantitative estimate of drug-likeness (QED) is 0.374. The van der Waals surface area contributed by atoms with E-state index in [1.165, 1.54) is 19.1 Å². The van der Waals surface area contributed by atoms with Gasteiger partial charge in [0.05, 0.1) is 10.8 Å². The second kappa shape index (κ2) is 9.27. The summed E-state index contributed by atoms with van der Waals surface area (Å²) in [5.41, 5.74) is 0.476. The summed E-state index contributed by atoms with van der Waals surface area (Å²) in [5, 5.41) is 13.9. The summed E-state index contributed by atoms with van der Waals surface area (Å²) in [5.74, 6) is -1.64. The third-order valence-electron chi connectivity index (χ3n) is 3.95. The molecule has 0 fully saturated rings. The molecule has 1 amide bonds. The molecule has 142 valence electrons. The highest BCUT2D eigenvalue weighted by Gasteiger charge is 2.26. The number of nitrogens with zero attached hydrogens (tertiary/aromatic N) is 1. The molecule has 0 bridgehead atoms. The topological polar surface area (TPSA) is 98.5 Å². The summed E-state index contributed by atoms with van der Waals surface area (Å²) in [6.07, 6.45) is 0.203. The SMILES string of the molecule is CCC(=O)C(C)C(=O)Nc1c(OCc2ccccc2)cc(Br)cc1[N+](=O)[O-]. The zero-order chi connectivity index (χ0) is 20.0. The smallest absolute Gasteiger partial charge is 0.297 e. The number of ketones is 1. The van der Waals surface area contributed by atoms with E-state index >= 15 is 0 Å². The van der Waals surface area contributed by atoms with Crippen molar-refractivity contribution in [3.8, 4) is 5.75 Å².